The third-order valence-electron chi connectivity index (χ3n) is 1.98. The topological polar surface area (TPSA) is 54.5 Å². The summed E-state index contributed by atoms with van der Waals surface area (Å²) in [7, 11) is 0. The fraction of sp³-hybridized carbons (Fsp3) is 0.100. The summed E-state index contributed by atoms with van der Waals surface area (Å²) in [6.45, 7) is 0.214. The number of aromatic nitrogens is 3. The number of halogens is 1. The largest absolute Gasteiger partial charge is 0.231 e. The van der Waals surface area contributed by atoms with Crippen LogP contribution in [0.15, 0.2) is 34.9 Å². The van der Waals surface area contributed by atoms with Crippen LogP contribution in [0, 0.1) is 11.3 Å². The van der Waals surface area contributed by atoms with Gasteiger partial charge in [0.2, 0.25) is 0 Å². The molecule has 1 heterocycles. The highest BCUT2D eigenvalue weighted by molar-refractivity contribution is 9.10. The van der Waals surface area contributed by atoms with Gasteiger partial charge in [0.15, 0.2) is 0 Å². The van der Waals surface area contributed by atoms with Crippen LogP contribution in [-0.2, 0) is 6.54 Å². The summed E-state index contributed by atoms with van der Waals surface area (Å²) in [4.78, 5) is 0. The highest BCUT2D eigenvalue weighted by atomic mass is 79.9. The van der Waals surface area contributed by atoms with Crippen LogP contribution in [0.1, 0.15) is 0 Å². The summed E-state index contributed by atoms with van der Waals surface area (Å²) in [5.41, 5.74) is 1.85. The molecule has 0 saturated carbocycles. The third kappa shape index (κ3) is 2.05. The van der Waals surface area contributed by atoms with Gasteiger partial charge in [0.1, 0.15) is 6.54 Å². The zero-order valence-electron chi connectivity index (χ0n) is 7.76. The lowest BCUT2D eigenvalue weighted by Crippen LogP contribution is -2.00. The highest BCUT2D eigenvalue weighted by Crippen LogP contribution is 2.20. The van der Waals surface area contributed by atoms with Crippen LogP contribution < -0.4 is 0 Å². The van der Waals surface area contributed by atoms with E-state index >= 15 is 0 Å². The molecule has 0 aliphatic carbocycles. The first-order valence-electron chi connectivity index (χ1n) is 4.32. The Kier molecular flexibility index (Phi) is 2.79. The zero-order valence-corrected chi connectivity index (χ0v) is 9.35. The van der Waals surface area contributed by atoms with Crippen molar-refractivity contribution in [3.63, 3.8) is 0 Å². The van der Waals surface area contributed by atoms with Gasteiger partial charge in [-0.15, -0.1) is 5.10 Å². The van der Waals surface area contributed by atoms with Crippen molar-refractivity contribution in [3.8, 4) is 17.3 Å². The van der Waals surface area contributed by atoms with Gasteiger partial charge in [-0.3, -0.25) is 0 Å². The molecule has 0 amide bonds. The van der Waals surface area contributed by atoms with E-state index in [1.165, 1.54) is 0 Å². The molecule has 0 atom stereocenters. The smallest absolute Gasteiger partial charge is 0.130 e. The van der Waals surface area contributed by atoms with Gasteiger partial charge in [0.25, 0.3) is 0 Å². The minimum atomic E-state index is 0.214. The molecule has 0 bridgehead atoms. The fourth-order valence-corrected chi connectivity index (χ4v) is 1.55. The van der Waals surface area contributed by atoms with Crippen LogP contribution >= 0.6 is 15.9 Å². The Hall–Kier alpha value is -1.67. The summed E-state index contributed by atoms with van der Waals surface area (Å²) < 4.78 is 2.59. The first kappa shape index (κ1) is 9.87. The van der Waals surface area contributed by atoms with Gasteiger partial charge in [-0.1, -0.05) is 33.3 Å². The number of hydrogen-bond acceptors (Lipinski definition) is 3. The van der Waals surface area contributed by atoms with E-state index in [0.29, 0.717) is 0 Å². The summed E-state index contributed by atoms with van der Waals surface area (Å²) >= 11 is 3.37. The lowest BCUT2D eigenvalue weighted by molar-refractivity contribution is 0.674. The first-order chi connectivity index (χ1) is 7.31. The molecule has 0 spiro atoms. The number of nitrogens with zero attached hydrogens (tertiary/aromatic N) is 4. The van der Waals surface area contributed by atoms with Gasteiger partial charge >= 0.3 is 0 Å². The average Bonchev–Trinajstić information content (AvgIpc) is 2.68. The molecule has 1 aromatic heterocycles. The molecule has 5 heteroatoms. The van der Waals surface area contributed by atoms with E-state index in [4.69, 9.17) is 5.26 Å². The van der Waals surface area contributed by atoms with Gasteiger partial charge in [0.05, 0.1) is 18.0 Å². The van der Waals surface area contributed by atoms with E-state index in [9.17, 15) is 0 Å². The Morgan fingerprint density at radius 2 is 2.07 bits per heavy atom. The molecule has 4 nitrogen and oxygen atoms in total. The van der Waals surface area contributed by atoms with Crippen molar-refractivity contribution < 1.29 is 0 Å². The molecular formula is C10H7BrN4. The van der Waals surface area contributed by atoms with Crippen LogP contribution in [0.2, 0.25) is 0 Å². The number of benzene rings is 1. The second-order valence-electron chi connectivity index (χ2n) is 2.94. The molecule has 0 saturated heterocycles. The molecule has 0 unspecified atom stereocenters. The molecule has 0 aliphatic rings. The quantitative estimate of drug-likeness (QED) is 0.834. The third-order valence-corrected chi connectivity index (χ3v) is 2.51. The lowest BCUT2D eigenvalue weighted by atomic mass is 10.2. The average molecular weight is 263 g/mol. The molecule has 0 fully saturated rings. The van der Waals surface area contributed by atoms with Crippen molar-refractivity contribution >= 4 is 15.9 Å². The second-order valence-corrected chi connectivity index (χ2v) is 3.86. The SMILES string of the molecule is N#CCn1nncc1-c1ccc(Br)cc1. The molecule has 0 N–H and O–H groups in total. The van der Waals surface area contributed by atoms with Gasteiger partial charge < -0.3 is 0 Å². The van der Waals surface area contributed by atoms with Crippen molar-refractivity contribution in [2.24, 2.45) is 0 Å². The van der Waals surface area contributed by atoms with E-state index in [-0.39, 0.29) is 6.54 Å². The van der Waals surface area contributed by atoms with Crippen molar-refractivity contribution in [2.45, 2.75) is 6.54 Å². The molecule has 1 aromatic carbocycles. The maximum Gasteiger partial charge on any atom is 0.130 e. The second kappa shape index (κ2) is 4.24. The predicted octanol–water partition coefficient (Wildman–Crippen LogP) is 2.23. The van der Waals surface area contributed by atoms with Crippen LogP contribution in [0.5, 0.6) is 0 Å². The fourth-order valence-electron chi connectivity index (χ4n) is 1.29. The van der Waals surface area contributed by atoms with Crippen LogP contribution in [0.25, 0.3) is 11.3 Å². The summed E-state index contributed by atoms with van der Waals surface area (Å²) in [6.07, 6.45) is 1.65. The lowest BCUT2D eigenvalue weighted by Gasteiger charge is -2.01. The van der Waals surface area contributed by atoms with E-state index in [1.54, 1.807) is 10.9 Å². The molecule has 0 aliphatic heterocycles. The number of nitriles is 1. The standard InChI is InChI=1S/C10H7BrN4/c11-9-3-1-8(2-4-9)10-7-13-14-15(10)6-5-12/h1-4,7H,6H2. The minimum absolute atomic E-state index is 0.214. The van der Waals surface area contributed by atoms with Gasteiger partial charge in [0, 0.05) is 10.0 Å². The Morgan fingerprint density at radius 1 is 1.33 bits per heavy atom. The van der Waals surface area contributed by atoms with Crippen molar-refractivity contribution in [1.29, 1.82) is 5.26 Å². The van der Waals surface area contributed by atoms with E-state index in [2.05, 4.69) is 26.2 Å². The van der Waals surface area contributed by atoms with Crippen LogP contribution in [0.4, 0.5) is 0 Å². The molecule has 2 rings (SSSR count). The van der Waals surface area contributed by atoms with Crippen LogP contribution in [0.3, 0.4) is 0 Å². The highest BCUT2D eigenvalue weighted by Gasteiger charge is 2.05. The molecule has 74 valence electrons. The normalized spacial score (nSPS) is 9.87. The maximum atomic E-state index is 8.61. The Labute approximate surface area is 95.3 Å². The molecule has 0 radical (unpaired) electrons. The summed E-state index contributed by atoms with van der Waals surface area (Å²) in [5, 5.41) is 16.2. The monoisotopic (exact) mass is 262 g/mol. The van der Waals surface area contributed by atoms with Gasteiger partial charge in [-0.25, -0.2) is 4.68 Å². The van der Waals surface area contributed by atoms with Gasteiger partial charge in [-0.05, 0) is 12.1 Å². The number of hydrogen-bond donors (Lipinski definition) is 0. The van der Waals surface area contributed by atoms with E-state index in [0.717, 1.165) is 15.7 Å². The first-order valence-corrected chi connectivity index (χ1v) is 5.12. The predicted molar refractivity (Wildman–Crippen MR) is 58.8 cm³/mol. The van der Waals surface area contributed by atoms with E-state index < -0.39 is 0 Å². The Morgan fingerprint density at radius 3 is 2.73 bits per heavy atom. The van der Waals surface area contributed by atoms with Crippen LogP contribution in [-0.4, -0.2) is 15.0 Å². The summed E-state index contributed by atoms with van der Waals surface area (Å²) in [6, 6.07) is 9.84. The van der Waals surface area contributed by atoms with Crippen molar-refractivity contribution in [1.82, 2.24) is 15.0 Å². The molecular weight excluding hydrogens is 256 g/mol. The van der Waals surface area contributed by atoms with Crippen molar-refractivity contribution in [3.05, 3.63) is 34.9 Å². The Bertz CT molecular complexity index is 495. The maximum absolute atomic E-state index is 8.61. The Balaban J connectivity index is 2.41. The molecule has 15 heavy (non-hydrogen) atoms. The molecule has 2 aromatic rings. The van der Waals surface area contributed by atoms with Crippen molar-refractivity contribution in [2.75, 3.05) is 0 Å². The number of rotatable bonds is 2. The zero-order chi connectivity index (χ0) is 10.7. The van der Waals surface area contributed by atoms with E-state index in [1.807, 2.05) is 30.3 Å². The summed E-state index contributed by atoms with van der Waals surface area (Å²) in [5.74, 6) is 0. The minimum Gasteiger partial charge on any atom is -0.231 e. The van der Waals surface area contributed by atoms with Gasteiger partial charge in [-0.2, -0.15) is 5.26 Å².